The van der Waals surface area contributed by atoms with E-state index in [-0.39, 0.29) is 13.0 Å². The molecule has 0 aliphatic heterocycles. The van der Waals surface area contributed by atoms with Gasteiger partial charge in [0.2, 0.25) is 0 Å². The molecule has 1 N–H and O–H groups in total. The summed E-state index contributed by atoms with van der Waals surface area (Å²) in [5, 5.41) is 20.9. The second-order valence-electron chi connectivity index (χ2n) is 4.27. The van der Waals surface area contributed by atoms with Crippen LogP contribution in [0.25, 0.3) is 11.4 Å². The van der Waals surface area contributed by atoms with Gasteiger partial charge in [-0.25, -0.2) is 4.68 Å². The quantitative estimate of drug-likeness (QED) is 0.833. The van der Waals surface area contributed by atoms with E-state index in [2.05, 4.69) is 31.5 Å². The van der Waals surface area contributed by atoms with Crippen LogP contribution in [0.3, 0.4) is 0 Å². The van der Waals surface area contributed by atoms with Crippen molar-refractivity contribution in [2.24, 2.45) is 0 Å². The number of rotatable bonds is 6. The number of methoxy groups -OCH3 is 1. The summed E-state index contributed by atoms with van der Waals surface area (Å²) in [5.74, 6) is -0.425. The Labute approximate surface area is 134 Å². The number of ether oxygens (including phenoxy) is 1. The van der Waals surface area contributed by atoms with Crippen LogP contribution >= 0.6 is 27.5 Å². The molecule has 0 saturated heterocycles. The van der Waals surface area contributed by atoms with Gasteiger partial charge in [-0.15, -0.1) is 5.10 Å². The minimum atomic E-state index is -0.939. The zero-order valence-electron chi connectivity index (χ0n) is 11.0. The van der Waals surface area contributed by atoms with Crippen molar-refractivity contribution in [3.8, 4) is 11.4 Å². The molecule has 0 spiro atoms. The number of hydrogen-bond donors (Lipinski definition) is 1. The summed E-state index contributed by atoms with van der Waals surface area (Å²) in [4.78, 5) is 10.8. The monoisotopic (exact) mass is 374 g/mol. The summed E-state index contributed by atoms with van der Waals surface area (Å²) in [7, 11) is 1.45. The summed E-state index contributed by atoms with van der Waals surface area (Å²) in [6.07, 6.45) is -0.638. The maximum Gasteiger partial charge on any atom is 0.306 e. The summed E-state index contributed by atoms with van der Waals surface area (Å²) in [6, 6.07) is 5.31. The highest BCUT2D eigenvalue weighted by atomic mass is 79.9. The molecule has 0 aliphatic rings. The Morgan fingerprint density at radius 1 is 1.57 bits per heavy atom. The fourth-order valence-electron chi connectivity index (χ4n) is 1.78. The molecule has 2 aromatic rings. The molecule has 0 amide bonds. The number of halogens is 2. The summed E-state index contributed by atoms with van der Waals surface area (Å²) >= 11 is 9.30. The molecule has 112 valence electrons. The summed E-state index contributed by atoms with van der Waals surface area (Å²) in [5.41, 5.74) is 0.765. The van der Waals surface area contributed by atoms with Crippen molar-refractivity contribution in [2.45, 2.75) is 19.1 Å². The molecule has 1 unspecified atom stereocenters. The van der Waals surface area contributed by atoms with Gasteiger partial charge in [-0.3, -0.25) is 4.79 Å². The number of aromatic nitrogens is 4. The van der Waals surface area contributed by atoms with Gasteiger partial charge in [0, 0.05) is 17.1 Å². The Morgan fingerprint density at radius 2 is 2.33 bits per heavy atom. The van der Waals surface area contributed by atoms with Crippen molar-refractivity contribution in [3.63, 3.8) is 0 Å². The van der Waals surface area contributed by atoms with Gasteiger partial charge in [0.1, 0.15) is 0 Å². The van der Waals surface area contributed by atoms with Crippen molar-refractivity contribution >= 4 is 33.5 Å². The first kappa shape index (κ1) is 15.9. The first-order valence-corrected chi connectivity index (χ1v) is 7.14. The average molecular weight is 376 g/mol. The Morgan fingerprint density at radius 3 is 2.95 bits per heavy atom. The summed E-state index contributed by atoms with van der Waals surface area (Å²) in [6.45, 7) is 0.241. The van der Waals surface area contributed by atoms with Gasteiger partial charge in [0.25, 0.3) is 0 Å². The molecule has 1 aromatic carbocycles. The number of hydrogen-bond acceptors (Lipinski definition) is 5. The SMILES string of the molecule is COC(CC(=O)O)Cn1nnnc1-c1ccc(Cl)c(Br)c1. The highest BCUT2D eigenvalue weighted by Crippen LogP contribution is 2.27. The predicted molar refractivity (Wildman–Crippen MR) is 79.0 cm³/mol. The maximum atomic E-state index is 10.8. The molecule has 9 heteroatoms. The minimum Gasteiger partial charge on any atom is -0.481 e. The number of nitrogens with zero attached hydrogens (tertiary/aromatic N) is 4. The molecular weight excluding hydrogens is 364 g/mol. The van der Waals surface area contributed by atoms with Crippen LogP contribution in [-0.4, -0.2) is 44.5 Å². The van der Waals surface area contributed by atoms with Gasteiger partial charge in [0.05, 0.1) is 24.1 Å². The highest BCUT2D eigenvalue weighted by molar-refractivity contribution is 9.10. The Balaban J connectivity index is 2.25. The van der Waals surface area contributed by atoms with Gasteiger partial charge >= 0.3 is 5.97 Å². The Bertz CT molecular complexity index is 649. The molecular formula is C12H12BrClN4O3. The smallest absolute Gasteiger partial charge is 0.306 e. The Kier molecular flexibility index (Phi) is 5.27. The molecule has 0 fully saturated rings. The lowest BCUT2D eigenvalue weighted by atomic mass is 10.2. The van der Waals surface area contributed by atoms with E-state index in [1.165, 1.54) is 11.8 Å². The lowest BCUT2D eigenvalue weighted by molar-refractivity contribution is -0.139. The molecule has 1 atom stereocenters. The fourth-order valence-corrected chi connectivity index (χ4v) is 2.28. The number of carbonyl (C=O) groups is 1. The van der Waals surface area contributed by atoms with Gasteiger partial charge in [-0.2, -0.15) is 0 Å². The maximum absolute atomic E-state index is 10.8. The highest BCUT2D eigenvalue weighted by Gasteiger charge is 2.17. The number of carboxylic acid groups (broad SMARTS) is 1. The van der Waals surface area contributed by atoms with Gasteiger partial charge in [-0.1, -0.05) is 11.6 Å². The Hall–Kier alpha value is -1.51. The third-order valence-corrected chi connectivity index (χ3v) is 4.04. The van der Waals surface area contributed by atoms with Crippen LogP contribution in [0.4, 0.5) is 0 Å². The molecule has 7 nitrogen and oxygen atoms in total. The van der Waals surface area contributed by atoms with Crippen LogP contribution in [0.15, 0.2) is 22.7 Å². The molecule has 0 radical (unpaired) electrons. The predicted octanol–water partition coefficient (Wildman–Crippen LogP) is 2.25. The van der Waals surface area contributed by atoms with Crippen LogP contribution in [0.5, 0.6) is 0 Å². The zero-order chi connectivity index (χ0) is 15.4. The normalized spacial score (nSPS) is 12.3. The molecule has 0 bridgehead atoms. The number of carboxylic acids is 1. The number of aliphatic carboxylic acids is 1. The van der Waals surface area contributed by atoms with Crippen molar-refractivity contribution in [3.05, 3.63) is 27.7 Å². The molecule has 21 heavy (non-hydrogen) atoms. The van der Waals surface area contributed by atoms with Crippen LogP contribution in [0, 0.1) is 0 Å². The first-order valence-electron chi connectivity index (χ1n) is 5.97. The van der Waals surface area contributed by atoms with E-state index in [1.807, 2.05) is 0 Å². The third kappa shape index (κ3) is 3.99. The van der Waals surface area contributed by atoms with Gasteiger partial charge in [0.15, 0.2) is 5.82 Å². The van der Waals surface area contributed by atoms with E-state index in [4.69, 9.17) is 21.4 Å². The van der Waals surface area contributed by atoms with Crippen molar-refractivity contribution in [1.82, 2.24) is 20.2 Å². The topological polar surface area (TPSA) is 90.1 Å². The second-order valence-corrected chi connectivity index (χ2v) is 5.53. The minimum absolute atomic E-state index is 0.125. The largest absolute Gasteiger partial charge is 0.481 e. The lowest BCUT2D eigenvalue weighted by Gasteiger charge is -2.13. The molecule has 1 heterocycles. The molecule has 0 aliphatic carbocycles. The standard InChI is InChI=1S/C12H12BrClN4O3/c1-21-8(5-11(19)20)6-18-12(15-16-17-18)7-2-3-10(14)9(13)4-7/h2-4,8H,5-6H2,1H3,(H,19,20). The van der Waals surface area contributed by atoms with Crippen LogP contribution in [0.1, 0.15) is 6.42 Å². The van der Waals surface area contributed by atoms with Crippen LogP contribution in [0.2, 0.25) is 5.02 Å². The molecule has 1 aromatic heterocycles. The van der Waals surface area contributed by atoms with E-state index in [9.17, 15) is 4.79 Å². The average Bonchev–Trinajstić information content (AvgIpc) is 2.88. The molecule has 0 saturated carbocycles. The van der Waals surface area contributed by atoms with Crippen LogP contribution in [-0.2, 0) is 16.1 Å². The van der Waals surface area contributed by atoms with Gasteiger partial charge in [-0.05, 0) is 44.6 Å². The zero-order valence-corrected chi connectivity index (χ0v) is 13.4. The van der Waals surface area contributed by atoms with Crippen molar-refractivity contribution in [1.29, 1.82) is 0 Å². The van der Waals surface area contributed by atoms with Crippen LogP contribution < -0.4 is 0 Å². The first-order chi connectivity index (χ1) is 10.0. The second kappa shape index (κ2) is 6.97. The van der Waals surface area contributed by atoms with Gasteiger partial charge < -0.3 is 9.84 Å². The van der Waals surface area contributed by atoms with E-state index in [1.54, 1.807) is 18.2 Å². The number of benzene rings is 1. The van der Waals surface area contributed by atoms with E-state index < -0.39 is 12.1 Å². The number of tetrazole rings is 1. The van der Waals surface area contributed by atoms with Crippen molar-refractivity contribution < 1.29 is 14.6 Å². The summed E-state index contributed by atoms with van der Waals surface area (Å²) < 4.78 is 7.37. The van der Waals surface area contributed by atoms with E-state index >= 15 is 0 Å². The third-order valence-electron chi connectivity index (χ3n) is 2.82. The lowest BCUT2D eigenvalue weighted by Crippen LogP contribution is -2.23. The molecule has 2 rings (SSSR count). The van der Waals surface area contributed by atoms with E-state index in [0.29, 0.717) is 10.8 Å². The fraction of sp³-hybridized carbons (Fsp3) is 0.333. The van der Waals surface area contributed by atoms with Crippen molar-refractivity contribution in [2.75, 3.05) is 7.11 Å². The van der Waals surface area contributed by atoms with E-state index in [0.717, 1.165) is 10.0 Å².